The van der Waals surface area contributed by atoms with Crippen LogP contribution in [0.2, 0.25) is 0 Å². The number of halogens is 1. The van der Waals surface area contributed by atoms with E-state index in [0.717, 1.165) is 4.88 Å². The number of aryl methyl sites for hydroxylation is 2. The van der Waals surface area contributed by atoms with Crippen molar-refractivity contribution in [3.05, 3.63) is 39.5 Å². The van der Waals surface area contributed by atoms with Crippen LogP contribution in [0.1, 0.15) is 22.0 Å². The van der Waals surface area contributed by atoms with Gasteiger partial charge in [0.15, 0.2) is 0 Å². The number of likely N-dealkylation sites (N-methyl/N-ethyl adjacent to an activating group) is 1. The molecular weight excluding hydrogens is 330 g/mol. The fraction of sp³-hybridized carbons (Fsp3) is 0.429. The first kappa shape index (κ1) is 16.5. The number of alkyl halides is 1. The van der Waals surface area contributed by atoms with Crippen LogP contribution in [-0.2, 0) is 22.3 Å². The molecule has 0 aliphatic heterocycles. The number of hydrogen-bond donors (Lipinski definition) is 0. The Morgan fingerprint density at radius 2 is 2.05 bits per heavy atom. The number of rotatable bonds is 6. The van der Waals surface area contributed by atoms with Crippen molar-refractivity contribution >= 4 is 33.0 Å². The maximum atomic E-state index is 12.7. The minimum absolute atomic E-state index is 0.122. The van der Waals surface area contributed by atoms with E-state index in [4.69, 9.17) is 16.0 Å². The van der Waals surface area contributed by atoms with Crippen LogP contribution in [0.15, 0.2) is 26.8 Å². The van der Waals surface area contributed by atoms with E-state index in [9.17, 15) is 8.42 Å². The van der Waals surface area contributed by atoms with Gasteiger partial charge in [0.05, 0.1) is 5.88 Å². The number of hydrogen-bond acceptors (Lipinski definition) is 4. The van der Waals surface area contributed by atoms with Crippen LogP contribution in [0.25, 0.3) is 0 Å². The molecule has 0 aliphatic carbocycles. The standard InChI is InChI=1S/C14H18ClNO3S2/c1-10-13(9-15)14(11(2)19-10)21(17,18)16(3)7-6-12-5-4-8-20-12/h4-5,8H,6-7,9H2,1-3H3. The molecule has 116 valence electrons. The van der Waals surface area contributed by atoms with Crippen LogP contribution < -0.4 is 0 Å². The molecule has 0 bridgehead atoms. The number of furan rings is 1. The topological polar surface area (TPSA) is 50.5 Å². The van der Waals surface area contributed by atoms with Crippen molar-refractivity contribution < 1.29 is 12.8 Å². The maximum Gasteiger partial charge on any atom is 0.246 e. The minimum Gasteiger partial charge on any atom is -0.465 e. The third-order valence-corrected chi connectivity index (χ3v) is 6.64. The molecule has 0 atom stereocenters. The Kier molecular flexibility index (Phi) is 5.14. The normalized spacial score (nSPS) is 12.2. The molecule has 7 heteroatoms. The molecule has 0 aromatic carbocycles. The van der Waals surface area contributed by atoms with Gasteiger partial charge < -0.3 is 4.42 Å². The molecule has 0 aliphatic rings. The summed E-state index contributed by atoms with van der Waals surface area (Å²) in [4.78, 5) is 1.37. The van der Waals surface area contributed by atoms with Crippen LogP contribution in [0.4, 0.5) is 0 Å². The molecule has 2 rings (SSSR count). The van der Waals surface area contributed by atoms with Crippen LogP contribution in [0.5, 0.6) is 0 Å². The molecule has 2 heterocycles. The molecule has 0 fully saturated rings. The molecular formula is C14H18ClNO3S2. The first-order chi connectivity index (χ1) is 9.87. The summed E-state index contributed by atoms with van der Waals surface area (Å²) in [5, 5.41) is 1.99. The van der Waals surface area contributed by atoms with Crippen molar-refractivity contribution in [3.8, 4) is 0 Å². The third-order valence-electron chi connectivity index (χ3n) is 3.38. The third kappa shape index (κ3) is 3.34. The first-order valence-corrected chi connectivity index (χ1v) is 9.37. The summed E-state index contributed by atoms with van der Waals surface area (Å²) in [6, 6.07) is 3.96. The molecule has 0 amide bonds. The highest BCUT2D eigenvalue weighted by Crippen LogP contribution is 2.30. The molecule has 21 heavy (non-hydrogen) atoms. The lowest BCUT2D eigenvalue weighted by Gasteiger charge is -2.17. The van der Waals surface area contributed by atoms with Gasteiger partial charge in [-0.25, -0.2) is 12.7 Å². The quantitative estimate of drug-likeness (QED) is 0.751. The fourth-order valence-electron chi connectivity index (χ4n) is 2.20. The van der Waals surface area contributed by atoms with Gasteiger partial charge in [-0.2, -0.15) is 0 Å². The number of thiophene rings is 1. The van der Waals surface area contributed by atoms with Gasteiger partial charge in [-0.3, -0.25) is 0 Å². The predicted octanol–water partition coefficient (Wildman–Crippen LogP) is 3.56. The summed E-state index contributed by atoms with van der Waals surface area (Å²) in [6.45, 7) is 3.81. The van der Waals surface area contributed by atoms with E-state index in [0.29, 0.717) is 30.0 Å². The lowest BCUT2D eigenvalue weighted by molar-refractivity contribution is 0.465. The van der Waals surface area contributed by atoms with Gasteiger partial charge in [-0.05, 0) is 31.7 Å². The summed E-state index contributed by atoms with van der Waals surface area (Å²) in [6.07, 6.45) is 0.694. The zero-order valence-electron chi connectivity index (χ0n) is 12.2. The summed E-state index contributed by atoms with van der Waals surface area (Å²) in [7, 11) is -2.00. The second-order valence-corrected chi connectivity index (χ2v) is 8.09. The van der Waals surface area contributed by atoms with Crippen molar-refractivity contribution in [3.63, 3.8) is 0 Å². The predicted molar refractivity (Wildman–Crippen MR) is 85.6 cm³/mol. The van der Waals surface area contributed by atoms with E-state index in [1.54, 1.807) is 32.2 Å². The summed E-state index contributed by atoms with van der Waals surface area (Å²) >= 11 is 7.50. The minimum atomic E-state index is -3.59. The molecule has 2 aromatic rings. The van der Waals surface area contributed by atoms with E-state index >= 15 is 0 Å². The highest BCUT2D eigenvalue weighted by atomic mass is 35.5. The summed E-state index contributed by atoms with van der Waals surface area (Å²) in [5.41, 5.74) is 0.553. The van der Waals surface area contributed by atoms with Crippen LogP contribution in [0.3, 0.4) is 0 Å². The van der Waals surface area contributed by atoms with Crippen molar-refractivity contribution in [2.75, 3.05) is 13.6 Å². The monoisotopic (exact) mass is 347 g/mol. The van der Waals surface area contributed by atoms with Gasteiger partial charge in [0.1, 0.15) is 16.4 Å². The van der Waals surface area contributed by atoms with E-state index in [2.05, 4.69) is 0 Å². The lowest BCUT2D eigenvalue weighted by Crippen LogP contribution is -2.29. The van der Waals surface area contributed by atoms with Crippen LogP contribution in [-0.4, -0.2) is 26.3 Å². The van der Waals surface area contributed by atoms with Gasteiger partial charge in [-0.15, -0.1) is 22.9 Å². The highest BCUT2D eigenvalue weighted by Gasteiger charge is 2.29. The Balaban J connectivity index is 2.25. The molecule has 0 radical (unpaired) electrons. The number of nitrogens with zero attached hydrogens (tertiary/aromatic N) is 1. The summed E-state index contributed by atoms with van der Waals surface area (Å²) in [5.74, 6) is 1.08. The second-order valence-electron chi connectivity index (χ2n) is 4.81. The first-order valence-electron chi connectivity index (χ1n) is 6.51. The molecule has 4 nitrogen and oxygen atoms in total. The summed E-state index contributed by atoms with van der Waals surface area (Å²) < 4.78 is 32.2. The largest absolute Gasteiger partial charge is 0.465 e. The Morgan fingerprint density at radius 1 is 1.33 bits per heavy atom. The Labute approximate surface area is 134 Å². The SMILES string of the molecule is Cc1oc(C)c(S(=O)(=O)N(C)CCc2cccs2)c1CCl. The van der Waals surface area contributed by atoms with Crippen molar-refractivity contribution in [1.82, 2.24) is 4.31 Å². The highest BCUT2D eigenvalue weighted by molar-refractivity contribution is 7.89. The molecule has 0 spiro atoms. The van der Waals surface area contributed by atoms with E-state index in [1.807, 2.05) is 17.5 Å². The Morgan fingerprint density at radius 3 is 2.62 bits per heavy atom. The van der Waals surface area contributed by atoms with Gasteiger partial charge >= 0.3 is 0 Å². The average Bonchev–Trinajstić information content (AvgIpc) is 3.03. The van der Waals surface area contributed by atoms with Crippen LogP contribution >= 0.6 is 22.9 Å². The maximum absolute atomic E-state index is 12.7. The molecule has 0 unspecified atom stereocenters. The molecule has 0 N–H and O–H groups in total. The Bertz CT molecular complexity index is 705. The van der Waals surface area contributed by atoms with Crippen LogP contribution in [0, 0.1) is 13.8 Å². The van der Waals surface area contributed by atoms with Crippen molar-refractivity contribution in [2.45, 2.75) is 31.0 Å². The fourth-order valence-corrected chi connectivity index (χ4v) is 4.88. The zero-order valence-corrected chi connectivity index (χ0v) is 14.6. The average molecular weight is 348 g/mol. The Hall–Kier alpha value is -0.820. The van der Waals surface area contributed by atoms with Gasteiger partial charge in [0, 0.05) is 24.0 Å². The second kappa shape index (κ2) is 6.52. The van der Waals surface area contributed by atoms with E-state index in [1.165, 1.54) is 4.31 Å². The molecule has 2 aromatic heterocycles. The number of sulfonamides is 1. The lowest BCUT2D eigenvalue weighted by atomic mass is 10.3. The van der Waals surface area contributed by atoms with Gasteiger partial charge in [0.25, 0.3) is 0 Å². The van der Waals surface area contributed by atoms with Crippen molar-refractivity contribution in [1.29, 1.82) is 0 Å². The van der Waals surface area contributed by atoms with Gasteiger partial charge in [-0.1, -0.05) is 6.07 Å². The molecule has 0 saturated carbocycles. The smallest absolute Gasteiger partial charge is 0.246 e. The van der Waals surface area contributed by atoms with Gasteiger partial charge in [0.2, 0.25) is 10.0 Å². The molecule has 0 saturated heterocycles. The van der Waals surface area contributed by atoms with E-state index < -0.39 is 10.0 Å². The van der Waals surface area contributed by atoms with Crippen molar-refractivity contribution in [2.24, 2.45) is 0 Å². The van der Waals surface area contributed by atoms with E-state index in [-0.39, 0.29) is 10.8 Å². The zero-order chi connectivity index (χ0) is 15.6.